The van der Waals surface area contributed by atoms with Gasteiger partial charge in [0.2, 0.25) is 0 Å². The van der Waals surface area contributed by atoms with Crippen molar-refractivity contribution in [1.29, 1.82) is 0 Å². The number of hydrogen-bond donors (Lipinski definition) is 2. The summed E-state index contributed by atoms with van der Waals surface area (Å²) in [7, 11) is 0. The van der Waals surface area contributed by atoms with Crippen LogP contribution in [0, 0.1) is 13.8 Å². The fourth-order valence-electron chi connectivity index (χ4n) is 3.17. The van der Waals surface area contributed by atoms with Gasteiger partial charge in [-0.15, -0.1) is 0 Å². The lowest BCUT2D eigenvalue weighted by molar-refractivity contribution is 0.0940. The van der Waals surface area contributed by atoms with Gasteiger partial charge in [-0.25, -0.2) is 0 Å². The van der Waals surface area contributed by atoms with Crippen molar-refractivity contribution in [3.8, 4) is 5.75 Å². The van der Waals surface area contributed by atoms with Gasteiger partial charge in [-0.1, -0.05) is 42.5 Å². The minimum atomic E-state index is -0.245. The van der Waals surface area contributed by atoms with Crippen LogP contribution < -0.4 is 15.6 Å². The van der Waals surface area contributed by atoms with Crippen molar-refractivity contribution < 1.29 is 13.9 Å². The van der Waals surface area contributed by atoms with E-state index in [0.29, 0.717) is 17.1 Å². The lowest BCUT2D eigenvalue weighted by atomic mass is 10.0. The summed E-state index contributed by atoms with van der Waals surface area (Å²) in [6, 6.07) is 19.4. The van der Waals surface area contributed by atoms with E-state index in [0.717, 1.165) is 22.6 Å². The number of hydrazine groups is 1. The molecule has 27 heavy (non-hydrogen) atoms. The quantitative estimate of drug-likeness (QED) is 0.681. The second kappa shape index (κ2) is 7.03. The monoisotopic (exact) mass is 360 g/mol. The standard InChI is InChI=1S/C22H20N2O3/c1-14-12-18(15(2)26-14)22(25)24-23-19-13-21(16-8-4-3-5-9-16)27-20-11-7-6-10-17(19)20/h3-13,21,23H,1-2H3,(H,24,25)/t21-/m0/s1. The van der Waals surface area contributed by atoms with Crippen LogP contribution in [0.25, 0.3) is 5.70 Å². The van der Waals surface area contributed by atoms with Gasteiger partial charge >= 0.3 is 0 Å². The first-order valence-corrected chi connectivity index (χ1v) is 8.78. The van der Waals surface area contributed by atoms with E-state index >= 15 is 0 Å². The molecule has 4 rings (SSSR count). The van der Waals surface area contributed by atoms with Gasteiger partial charge in [0.15, 0.2) is 0 Å². The van der Waals surface area contributed by atoms with Crippen LogP contribution in [0.3, 0.4) is 0 Å². The summed E-state index contributed by atoms with van der Waals surface area (Å²) < 4.78 is 11.6. The lowest BCUT2D eigenvalue weighted by Crippen LogP contribution is -2.37. The third-order valence-corrected chi connectivity index (χ3v) is 4.47. The molecule has 1 amide bonds. The largest absolute Gasteiger partial charge is 0.481 e. The average molecular weight is 360 g/mol. The molecule has 0 aliphatic carbocycles. The molecule has 136 valence electrons. The Morgan fingerprint density at radius 1 is 1.00 bits per heavy atom. The molecule has 1 aliphatic heterocycles. The van der Waals surface area contributed by atoms with Crippen molar-refractivity contribution in [2.45, 2.75) is 20.0 Å². The molecule has 0 fully saturated rings. The number of carbonyl (C=O) groups excluding carboxylic acids is 1. The molecule has 1 aromatic heterocycles. The highest BCUT2D eigenvalue weighted by molar-refractivity contribution is 5.95. The maximum absolute atomic E-state index is 12.5. The smallest absolute Gasteiger partial charge is 0.273 e. The van der Waals surface area contributed by atoms with Gasteiger partial charge in [-0.05, 0) is 43.7 Å². The lowest BCUT2D eigenvalue weighted by Gasteiger charge is -2.26. The molecule has 2 N–H and O–H groups in total. The maximum Gasteiger partial charge on any atom is 0.273 e. The molecule has 0 saturated carbocycles. The Kier molecular flexibility index (Phi) is 4.42. The van der Waals surface area contributed by atoms with E-state index in [1.807, 2.05) is 67.6 Å². The number of ether oxygens (including phenoxy) is 1. The van der Waals surface area contributed by atoms with Crippen molar-refractivity contribution in [2.75, 3.05) is 0 Å². The SMILES string of the molecule is Cc1cc(C(=O)NNC2=C[C@@H](c3ccccc3)Oc3ccccc32)c(C)o1. The molecule has 1 atom stereocenters. The van der Waals surface area contributed by atoms with E-state index in [-0.39, 0.29) is 12.0 Å². The number of nitrogens with one attached hydrogen (secondary N) is 2. The Morgan fingerprint density at radius 2 is 1.74 bits per heavy atom. The predicted molar refractivity (Wildman–Crippen MR) is 103 cm³/mol. The second-order valence-corrected chi connectivity index (χ2v) is 6.43. The molecule has 2 aromatic carbocycles. The molecule has 2 heterocycles. The topological polar surface area (TPSA) is 63.5 Å². The van der Waals surface area contributed by atoms with Crippen molar-refractivity contribution >= 4 is 11.6 Å². The first-order valence-electron chi connectivity index (χ1n) is 8.78. The first kappa shape index (κ1) is 17.0. The van der Waals surface area contributed by atoms with Crippen LogP contribution in [-0.4, -0.2) is 5.91 Å². The molecule has 0 radical (unpaired) electrons. The zero-order valence-electron chi connectivity index (χ0n) is 15.2. The highest BCUT2D eigenvalue weighted by atomic mass is 16.5. The zero-order valence-corrected chi connectivity index (χ0v) is 15.2. The molecule has 0 spiro atoms. The average Bonchev–Trinajstić information content (AvgIpc) is 3.04. The highest BCUT2D eigenvalue weighted by Gasteiger charge is 2.22. The van der Waals surface area contributed by atoms with Crippen molar-refractivity contribution in [1.82, 2.24) is 10.9 Å². The molecule has 3 aromatic rings. The van der Waals surface area contributed by atoms with E-state index in [9.17, 15) is 4.79 Å². The summed E-state index contributed by atoms with van der Waals surface area (Å²) in [6.07, 6.45) is 1.73. The van der Waals surface area contributed by atoms with Crippen LogP contribution in [0.15, 0.2) is 71.2 Å². The van der Waals surface area contributed by atoms with Crippen LogP contribution in [0.1, 0.15) is 39.1 Å². The van der Waals surface area contributed by atoms with E-state index < -0.39 is 0 Å². The number of carbonyl (C=O) groups is 1. The van der Waals surface area contributed by atoms with Crippen LogP contribution in [0.5, 0.6) is 5.75 Å². The van der Waals surface area contributed by atoms with Crippen LogP contribution >= 0.6 is 0 Å². The number of hydrogen-bond acceptors (Lipinski definition) is 4. The van der Waals surface area contributed by atoms with Gasteiger partial charge in [-0.2, -0.15) is 0 Å². The van der Waals surface area contributed by atoms with E-state index in [2.05, 4.69) is 10.9 Å². The van der Waals surface area contributed by atoms with Crippen molar-refractivity contribution in [3.63, 3.8) is 0 Å². The fourth-order valence-corrected chi connectivity index (χ4v) is 3.17. The van der Waals surface area contributed by atoms with Crippen molar-refractivity contribution in [2.24, 2.45) is 0 Å². The maximum atomic E-state index is 12.5. The number of rotatable bonds is 4. The summed E-state index contributed by atoms with van der Waals surface area (Å²) in [5.41, 5.74) is 9.05. The van der Waals surface area contributed by atoms with Gasteiger partial charge in [0.05, 0.1) is 11.3 Å². The zero-order chi connectivity index (χ0) is 18.8. The molecule has 5 nitrogen and oxygen atoms in total. The number of para-hydroxylation sites is 1. The number of amides is 1. The normalized spacial score (nSPS) is 15.3. The van der Waals surface area contributed by atoms with Crippen LogP contribution in [0.4, 0.5) is 0 Å². The summed E-state index contributed by atoms with van der Waals surface area (Å²) in [6.45, 7) is 3.59. The molecule has 0 unspecified atom stereocenters. The highest BCUT2D eigenvalue weighted by Crippen LogP contribution is 2.35. The van der Waals surface area contributed by atoms with E-state index in [1.54, 1.807) is 13.0 Å². The Labute approximate surface area is 157 Å². The molecular weight excluding hydrogens is 340 g/mol. The Bertz CT molecular complexity index is 1010. The van der Waals surface area contributed by atoms with Crippen LogP contribution in [-0.2, 0) is 0 Å². The molecule has 0 bridgehead atoms. The molecule has 0 saturated heterocycles. The number of aryl methyl sites for hydroxylation is 2. The Hall–Kier alpha value is -3.47. The summed E-state index contributed by atoms with van der Waals surface area (Å²) >= 11 is 0. The fraction of sp³-hybridized carbons (Fsp3) is 0.136. The van der Waals surface area contributed by atoms with Gasteiger partial charge in [0.1, 0.15) is 23.4 Å². The predicted octanol–water partition coefficient (Wildman–Crippen LogP) is 4.31. The van der Waals surface area contributed by atoms with Crippen LogP contribution in [0.2, 0.25) is 0 Å². The third-order valence-electron chi connectivity index (χ3n) is 4.47. The van der Waals surface area contributed by atoms with Gasteiger partial charge in [-0.3, -0.25) is 15.6 Å². The van der Waals surface area contributed by atoms with Gasteiger partial charge < -0.3 is 9.15 Å². The molecule has 5 heteroatoms. The number of fused-ring (bicyclic) bond motifs is 1. The minimum absolute atomic E-state index is 0.238. The summed E-state index contributed by atoms with van der Waals surface area (Å²) in [5.74, 6) is 1.82. The number of benzene rings is 2. The minimum Gasteiger partial charge on any atom is -0.481 e. The van der Waals surface area contributed by atoms with Gasteiger partial charge in [0.25, 0.3) is 5.91 Å². The first-order chi connectivity index (χ1) is 13.1. The Balaban J connectivity index is 1.59. The molecular formula is C22H20N2O3. The Morgan fingerprint density at radius 3 is 2.48 bits per heavy atom. The van der Waals surface area contributed by atoms with E-state index in [4.69, 9.17) is 9.15 Å². The van der Waals surface area contributed by atoms with Gasteiger partial charge in [0, 0.05) is 5.56 Å². The van der Waals surface area contributed by atoms with Crippen molar-refractivity contribution in [3.05, 3.63) is 95.0 Å². The summed E-state index contributed by atoms with van der Waals surface area (Å²) in [5, 5.41) is 0. The molecule has 1 aliphatic rings. The second-order valence-electron chi connectivity index (χ2n) is 6.43. The third kappa shape index (κ3) is 3.44. The number of furan rings is 1. The summed E-state index contributed by atoms with van der Waals surface area (Å²) in [4.78, 5) is 12.5. The van der Waals surface area contributed by atoms with E-state index in [1.165, 1.54) is 0 Å².